The smallest absolute Gasteiger partial charge is 0.414 e. The Balaban J connectivity index is 1.57. The van der Waals surface area contributed by atoms with Gasteiger partial charge in [-0.25, -0.2) is 9.18 Å². The maximum atomic E-state index is 14.5. The Morgan fingerprint density at radius 2 is 2.07 bits per heavy atom. The summed E-state index contributed by atoms with van der Waals surface area (Å²) in [5.74, 6) is -1.08. The molecule has 0 aliphatic carbocycles. The van der Waals surface area contributed by atoms with Crippen LogP contribution in [0, 0.1) is 5.82 Å². The van der Waals surface area contributed by atoms with Gasteiger partial charge in [0.15, 0.2) is 11.6 Å². The van der Waals surface area contributed by atoms with Gasteiger partial charge in [0, 0.05) is 38.9 Å². The zero-order chi connectivity index (χ0) is 21.0. The highest BCUT2D eigenvalue weighted by molar-refractivity contribution is 5.90. The van der Waals surface area contributed by atoms with Crippen molar-refractivity contribution in [2.24, 2.45) is 0 Å². The molecule has 2 saturated heterocycles. The molecule has 0 spiro atoms. The number of carbonyl (C=O) groups excluding carboxylic acids is 3. The van der Waals surface area contributed by atoms with Crippen LogP contribution in [0.4, 0.5) is 14.9 Å². The zero-order valence-electron chi connectivity index (χ0n) is 16.1. The molecule has 3 rings (SSSR count). The molecule has 0 saturated carbocycles. The molecule has 1 aromatic rings. The van der Waals surface area contributed by atoms with Crippen molar-refractivity contribution in [3.05, 3.63) is 24.0 Å². The fraction of sp³-hybridized carbons (Fsp3) is 0.526. The fourth-order valence-electron chi connectivity index (χ4n) is 3.35. The number of halogens is 1. The van der Waals surface area contributed by atoms with E-state index in [1.54, 1.807) is 11.0 Å². The van der Waals surface area contributed by atoms with Crippen LogP contribution in [0.3, 0.4) is 0 Å². The van der Waals surface area contributed by atoms with E-state index < -0.39 is 24.6 Å². The molecule has 0 radical (unpaired) electrons. The number of rotatable bonds is 6. The number of benzene rings is 1. The van der Waals surface area contributed by atoms with Gasteiger partial charge in [-0.05, 0) is 12.1 Å². The third-order valence-electron chi connectivity index (χ3n) is 4.90. The first-order chi connectivity index (χ1) is 13.9. The summed E-state index contributed by atoms with van der Waals surface area (Å²) in [5.41, 5.74) is 0.341. The number of hydrogen-bond donors (Lipinski definition) is 2. The molecule has 1 unspecified atom stereocenters. The number of nitrogens with zero attached hydrogens (tertiary/aromatic N) is 2. The van der Waals surface area contributed by atoms with Crippen molar-refractivity contribution >= 4 is 23.6 Å². The Labute approximate surface area is 167 Å². The number of hydrogen-bond acceptors (Lipinski definition) is 6. The third kappa shape index (κ3) is 5.14. The maximum Gasteiger partial charge on any atom is 0.414 e. The minimum Gasteiger partial charge on any atom is -0.487 e. The van der Waals surface area contributed by atoms with Crippen molar-refractivity contribution in [1.29, 1.82) is 0 Å². The highest BCUT2D eigenvalue weighted by atomic mass is 19.1. The summed E-state index contributed by atoms with van der Waals surface area (Å²) < 4.78 is 25.4. The van der Waals surface area contributed by atoms with Crippen LogP contribution < -0.4 is 15.0 Å². The average molecular weight is 409 g/mol. The number of anilines is 1. The second kappa shape index (κ2) is 9.08. The van der Waals surface area contributed by atoms with E-state index in [0.29, 0.717) is 31.6 Å². The number of aliphatic hydroxyl groups is 1. The molecule has 158 valence electrons. The lowest BCUT2D eigenvalue weighted by Crippen LogP contribution is -2.43. The second-order valence-electron chi connectivity index (χ2n) is 7.02. The van der Waals surface area contributed by atoms with Crippen LogP contribution in [0.15, 0.2) is 18.2 Å². The lowest BCUT2D eigenvalue weighted by molar-refractivity contribution is -0.136. The number of amides is 3. The first-order valence-corrected chi connectivity index (χ1v) is 9.44. The van der Waals surface area contributed by atoms with Crippen LogP contribution in [0.2, 0.25) is 0 Å². The van der Waals surface area contributed by atoms with E-state index >= 15 is 0 Å². The predicted octanol–water partition coefficient (Wildman–Crippen LogP) is 0.649. The molecule has 2 fully saturated rings. The number of ether oxygens (including phenoxy) is 2. The molecule has 10 heteroatoms. The minimum absolute atomic E-state index is 0.0723. The van der Waals surface area contributed by atoms with Gasteiger partial charge < -0.3 is 24.8 Å². The highest BCUT2D eigenvalue weighted by Crippen LogP contribution is 2.29. The van der Waals surface area contributed by atoms with Gasteiger partial charge >= 0.3 is 6.09 Å². The molecule has 2 heterocycles. The number of cyclic esters (lactones) is 1. The molecule has 0 bridgehead atoms. The third-order valence-corrected chi connectivity index (χ3v) is 4.90. The van der Waals surface area contributed by atoms with E-state index in [-0.39, 0.29) is 36.8 Å². The van der Waals surface area contributed by atoms with Crippen molar-refractivity contribution in [3.8, 4) is 5.75 Å². The van der Waals surface area contributed by atoms with Gasteiger partial charge in [0.05, 0.1) is 18.8 Å². The Kier molecular flexibility index (Phi) is 6.53. The minimum atomic E-state index is -0.602. The Morgan fingerprint density at radius 1 is 1.34 bits per heavy atom. The van der Waals surface area contributed by atoms with Gasteiger partial charge in [0.1, 0.15) is 18.8 Å². The molecule has 0 aromatic heterocycles. The van der Waals surface area contributed by atoms with E-state index in [0.717, 1.165) is 0 Å². The zero-order valence-corrected chi connectivity index (χ0v) is 16.1. The molecular weight excluding hydrogens is 385 g/mol. The van der Waals surface area contributed by atoms with Crippen LogP contribution >= 0.6 is 0 Å². The molecule has 2 aliphatic rings. The van der Waals surface area contributed by atoms with Crippen LogP contribution in [0.1, 0.15) is 19.8 Å². The van der Waals surface area contributed by atoms with Crippen LogP contribution in [-0.2, 0) is 14.3 Å². The topological polar surface area (TPSA) is 108 Å². The average Bonchev–Trinajstić information content (AvgIpc) is 3.08. The van der Waals surface area contributed by atoms with Crippen molar-refractivity contribution in [2.75, 3.05) is 37.7 Å². The summed E-state index contributed by atoms with van der Waals surface area (Å²) in [4.78, 5) is 37.4. The number of nitrogens with one attached hydrogen (secondary N) is 1. The summed E-state index contributed by atoms with van der Waals surface area (Å²) in [7, 11) is 0. The molecule has 29 heavy (non-hydrogen) atoms. The van der Waals surface area contributed by atoms with E-state index in [2.05, 4.69) is 5.32 Å². The molecule has 9 nitrogen and oxygen atoms in total. The van der Waals surface area contributed by atoms with Crippen LogP contribution in [0.5, 0.6) is 5.75 Å². The predicted molar refractivity (Wildman–Crippen MR) is 100 cm³/mol. The summed E-state index contributed by atoms with van der Waals surface area (Å²) in [6.07, 6.45) is -0.268. The second-order valence-corrected chi connectivity index (χ2v) is 7.02. The van der Waals surface area contributed by atoms with E-state index in [9.17, 15) is 18.8 Å². The first kappa shape index (κ1) is 20.8. The Hall–Kier alpha value is -2.88. The van der Waals surface area contributed by atoms with E-state index in [4.69, 9.17) is 14.6 Å². The monoisotopic (exact) mass is 409 g/mol. The molecule has 3 amide bonds. The quantitative estimate of drug-likeness (QED) is 0.714. The molecule has 2 aliphatic heterocycles. The number of aliphatic hydroxyl groups excluding tert-OH is 1. The van der Waals surface area contributed by atoms with Crippen LogP contribution in [0.25, 0.3) is 0 Å². The van der Waals surface area contributed by atoms with E-state index in [1.807, 2.05) is 0 Å². The largest absolute Gasteiger partial charge is 0.487 e. The van der Waals surface area contributed by atoms with Gasteiger partial charge in [-0.3, -0.25) is 14.5 Å². The van der Waals surface area contributed by atoms with Crippen LogP contribution in [-0.4, -0.2) is 72.9 Å². The first-order valence-electron chi connectivity index (χ1n) is 9.44. The normalized spacial score (nSPS) is 19.8. The fourth-order valence-corrected chi connectivity index (χ4v) is 3.35. The number of carbonyl (C=O) groups is 3. The van der Waals surface area contributed by atoms with Crippen molar-refractivity contribution < 1.29 is 33.4 Å². The molecular formula is C19H24FN3O6. The summed E-state index contributed by atoms with van der Waals surface area (Å²) in [6, 6.07) is 4.25. The number of likely N-dealkylation sites (tertiary alicyclic amines) is 1. The van der Waals surface area contributed by atoms with Gasteiger partial charge in [-0.15, -0.1) is 0 Å². The standard InChI is InChI=1S/C19H24FN3O6/c1-12(25)21-9-15-10-23(19(27)29-15)13-2-3-17(16(20)8-13)28-14-4-6-22(7-5-14)18(26)11-24/h2-3,8,14-15,24H,4-7,9-11H2,1H3,(H,21,25). The lowest BCUT2D eigenvalue weighted by atomic mass is 10.1. The van der Waals surface area contributed by atoms with Crippen molar-refractivity contribution in [3.63, 3.8) is 0 Å². The van der Waals surface area contributed by atoms with E-state index in [1.165, 1.54) is 24.0 Å². The summed E-state index contributed by atoms with van der Waals surface area (Å²) >= 11 is 0. The summed E-state index contributed by atoms with van der Waals surface area (Å²) in [5, 5.41) is 11.5. The van der Waals surface area contributed by atoms with Crippen molar-refractivity contribution in [1.82, 2.24) is 10.2 Å². The Bertz CT molecular complexity index is 781. The van der Waals surface area contributed by atoms with Crippen molar-refractivity contribution in [2.45, 2.75) is 32.0 Å². The molecule has 1 aromatic carbocycles. The molecule has 1 atom stereocenters. The summed E-state index contributed by atoms with van der Waals surface area (Å²) in [6.45, 7) is 2.14. The highest BCUT2D eigenvalue weighted by Gasteiger charge is 2.33. The lowest BCUT2D eigenvalue weighted by Gasteiger charge is -2.32. The molecule has 2 N–H and O–H groups in total. The van der Waals surface area contributed by atoms with Gasteiger partial charge in [-0.2, -0.15) is 0 Å². The van der Waals surface area contributed by atoms with Gasteiger partial charge in [-0.1, -0.05) is 0 Å². The van der Waals surface area contributed by atoms with Gasteiger partial charge in [0.2, 0.25) is 11.8 Å². The Morgan fingerprint density at radius 3 is 2.69 bits per heavy atom. The number of piperidine rings is 1. The van der Waals surface area contributed by atoms with Gasteiger partial charge in [0.25, 0.3) is 0 Å². The maximum absolute atomic E-state index is 14.5. The SMILES string of the molecule is CC(=O)NCC1CN(c2ccc(OC3CCN(C(=O)CO)CC3)c(F)c2)C(=O)O1.